The van der Waals surface area contributed by atoms with Crippen LogP contribution in [0.2, 0.25) is 10.0 Å². The fraction of sp³-hybridized carbons (Fsp3) is 0.680. The van der Waals surface area contributed by atoms with E-state index in [4.69, 9.17) is 23.2 Å². The summed E-state index contributed by atoms with van der Waals surface area (Å²) in [5.74, 6) is 0.0344. The number of halogens is 2. The molecule has 4 aliphatic rings. The minimum atomic E-state index is -0.508. The number of aliphatic hydroxyl groups is 1. The van der Waals surface area contributed by atoms with E-state index >= 15 is 0 Å². The van der Waals surface area contributed by atoms with Crippen LogP contribution in [0.5, 0.6) is 0 Å². The Morgan fingerprint density at radius 1 is 1.18 bits per heavy atom. The number of benzene rings is 1. The molecule has 1 aromatic carbocycles. The molecule has 2 N–H and O–H groups in total. The second-order valence-corrected chi connectivity index (χ2v) is 11.4. The number of likely N-dealkylation sites (tertiary alicyclic amines) is 1. The van der Waals surface area contributed by atoms with Gasteiger partial charge in [-0.15, -0.1) is 0 Å². The molecular formula is C25H34Cl2N4O3. The van der Waals surface area contributed by atoms with Crippen molar-refractivity contribution in [2.24, 2.45) is 5.41 Å². The number of rotatable bonds is 5. The number of fused-ring (bicyclic) bond motifs is 1. The molecule has 0 radical (unpaired) electrons. The van der Waals surface area contributed by atoms with Gasteiger partial charge in [-0.25, -0.2) is 4.79 Å². The smallest absolute Gasteiger partial charge is 0.322 e. The van der Waals surface area contributed by atoms with Crippen molar-refractivity contribution in [2.45, 2.75) is 76.1 Å². The van der Waals surface area contributed by atoms with Crippen LogP contribution in [-0.2, 0) is 4.79 Å². The van der Waals surface area contributed by atoms with Gasteiger partial charge in [-0.1, -0.05) is 23.2 Å². The quantitative estimate of drug-likeness (QED) is 0.624. The predicted molar refractivity (Wildman–Crippen MR) is 133 cm³/mol. The van der Waals surface area contributed by atoms with Crippen molar-refractivity contribution in [1.82, 2.24) is 14.7 Å². The molecule has 4 fully saturated rings. The van der Waals surface area contributed by atoms with Gasteiger partial charge in [0.2, 0.25) is 5.91 Å². The summed E-state index contributed by atoms with van der Waals surface area (Å²) >= 11 is 12.0. The Labute approximate surface area is 211 Å². The largest absolute Gasteiger partial charge is 0.391 e. The minimum Gasteiger partial charge on any atom is -0.391 e. The topological polar surface area (TPSA) is 76.1 Å². The highest BCUT2D eigenvalue weighted by Crippen LogP contribution is 2.53. The standard InChI is InChI=1S/C25H34Cl2N4O3/c1-16-23(33)31-18(3-2-11-29-12-10-25(8-9-25)22(32)15-29)5-6-19(31)14-30(16)24(34)28-17-4-7-20(26)21(27)13-17/h4,7,13,16,18-19,22,32H,2-3,5-6,8-12,14-15H2,1H3,(H,28,34)/t16-,18-,19-,22+/m0/s1. The van der Waals surface area contributed by atoms with E-state index in [-0.39, 0.29) is 35.5 Å². The second kappa shape index (κ2) is 9.49. The van der Waals surface area contributed by atoms with Gasteiger partial charge in [0.05, 0.1) is 16.1 Å². The molecule has 0 unspecified atom stereocenters. The van der Waals surface area contributed by atoms with E-state index in [2.05, 4.69) is 15.1 Å². The van der Waals surface area contributed by atoms with E-state index < -0.39 is 6.04 Å². The first-order valence-electron chi connectivity index (χ1n) is 12.5. The number of β-amino-alcohol motifs (C(OH)–C–C–N with tert-alkyl or cyclic N) is 1. The van der Waals surface area contributed by atoms with Crippen LogP contribution in [0.25, 0.3) is 0 Å². The van der Waals surface area contributed by atoms with Crippen molar-refractivity contribution >= 4 is 40.8 Å². The van der Waals surface area contributed by atoms with Crippen LogP contribution in [0.1, 0.15) is 51.9 Å². The van der Waals surface area contributed by atoms with Crippen LogP contribution >= 0.6 is 23.2 Å². The van der Waals surface area contributed by atoms with Gasteiger partial charge in [0.15, 0.2) is 0 Å². The monoisotopic (exact) mass is 508 g/mol. The number of nitrogens with one attached hydrogen (secondary N) is 1. The minimum absolute atomic E-state index is 0.0344. The summed E-state index contributed by atoms with van der Waals surface area (Å²) in [4.78, 5) is 32.3. The number of urea groups is 1. The maximum Gasteiger partial charge on any atom is 0.322 e. The van der Waals surface area contributed by atoms with E-state index in [0.717, 1.165) is 51.7 Å². The fourth-order valence-electron chi connectivity index (χ4n) is 6.12. The van der Waals surface area contributed by atoms with Crippen LogP contribution in [-0.4, -0.2) is 82.2 Å². The Hall–Kier alpha value is -1.54. The number of piperidine rings is 1. The SMILES string of the molecule is C[C@H]1C(=O)N2[C@@H](CCCN3CCC4(CC4)[C@H](O)C3)CC[C@H]2CN1C(=O)Nc1ccc(Cl)c(Cl)c1. The highest BCUT2D eigenvalue weighted by Gasteiger charge is 2.51. The maximum atomic E-state index is 13.3. The maximum absolute atomic E-state index is 13.3. The molecule has 9 heteroatoms. The molecule has 3 heterocycles. The Morgan fingerprint density at radius 2 is 1.97 bits per heavy atom. The van der Waals surface area contributed by atoms with Crippen molar-refractivity contribution in [3.8, 4) is 0 Å². The summed E-state index contributed by atoms with van der Waals surface area (Å²) in [6.07, 6.45) is 7.21. The zero-order valence-corrected chi connectivity index (χ0v) is 21.2. The van der Waals surface area contributed by atoms with Gasteiger partial charge in [0, 0.05) is 30.9 Å². The van der Waals surface area contributed by atoms with E-state index in [1.807, 2.05) is 6.92 Å². The van der Waals surface area contributed by atoms with Gasteiger partial charge in [-0.2, -0.15) is 0 Å². The first kappa shape index (κ1) is 24.2. The summed E-state index contributed by atoms with van der Waals surface area (Å²) in [7, 11) is 0. The summed E-state index contributed by atoms with van der Waals surface area (Å²) in [6, 6.07) is 4.46. The Bertz CT molecular complexity index is 956. The molecule has 186 valence electrons. The molecule has 5 rings (SSSR count). The number of hydrogen-bond donors (Lipinski definition) is 2. The number of piperazine rings is 1. The Balaban J connectivity index is 1.13. The van der Waals surface area contributed by atoms with Crippen molar-refractivity contribution in [1.29, 1.82) is 0 Å². The summed E-state index contributed by atoms with van der Waals surface area (Å²) in [5.41, 5.74) is 0.796. The lowest BCUT2D eigenvalue weighted by molar-refractivity contribution is -0.143. The van der Waals surface area contributed by atoms with Crippen LogP contribution in [0.4, 0.5) is 10.5 Å². The van der Waals surface area contributed by atoms with Crippen LogP contribution < -0.4 is 5.32 Å². The number of anilines is 1. The average Bonchev–Trinajstić information content (AvgIpc) is 3.48. The molecule has 4 atom stereocenters. The Morgan fingerprint density at radius 3 is 2.68 bits per heavy atom. The third kappa shape index (κ3) is 4.64. The van der Waals surface area contributed by atoms with Gasteiger partial charge >= 0.3 is 6.03 Å². The third-order valence-electron chi connectivity index (χ3n) is 8.51. The molecule has 1 aromatic rings. The van der Waals surface area contributed by atoms with E-state index in [1.165, 1.54) is 12.8 Å². The summed E-state index contributed by atoms with van der Waals surface area (Å²) in [5, 5.41) is 14.1. The van der Waals surface area contributed by atoms with Crippen LogP contribution in [0.3, 0.4) is 0 Å². The van der Waals surface area contributed by atoms with Crippen molar-refractivity contribution in [2.75, 3.05) is 31.5 Å². The van der Waals surface area contributed by atoms with Gasteiger partial charge in [0.25, 0.3) is 0 Å². The first-order chi connectivity index (χ1) is 16.3. The molecule has 1 saturated carbocycles. The Kier molecular flexibility index (Phi) is 6.75. The van der Waals surface area contributed by atoms with Crippen LogP contribution in [0, 0.1) is 5.41 Å². The van der Waals surface area contributed by atoms with Gasteiger partial charge < -0.3 is 25.1 Å². The average molecular weight is 509 g/mol. The molecule has 1 spiro atoms. The number of carbonyl (C=O) groups is 2. The first-order valence-corrected chi connectivity index (χ1v) is 13.3. The zero-order chi connectivity index (χ0) is 24.0. The van der Waals surface area contributed by atoms with E-state index in [9.17, 15) is 14.7 Å². The van der Waals surface area contributed by atoms with Gasteiger partial charge in [0.1, 0.15) is 6.04 Å². The molecular weight excluding hydrogens is 475 g/mol. The molecule has 7 nitrogen and oxygen atoms in total. The van der Waals surface area contributed by atoms with E-state index in [0.29, 0.717) is 22.3 Å². The predicted octanol–water partition coefficient (Wildman–Crippen LogP) is 4.22. The molecule has 3 amide bonds. The van der Waals surface area contributed by atoms with Crippen LogP contribution in [0.15, 0.2) is 18.2 Å². The lowest BCUT2D eigenvalue weighted by Crippen LogP contribution is -2.62. The zero-order valence-electron chi connectivity index (χ0n) is 19.7. The molecule has 3 aliphatic heterocycles. The number of aliphatic hydroxyl groups excluding tert-OH is 1. The number of hydrogen-bond acceptors (Lipinski definition) is 4. The highest BCUT2D eigenvalue weighted by molar-refractivity contribution is 6.42. The van der Waals surface area contributed by atoms with Crippen molar-refractivity contribution in [3.05, 3.63) is 28.2 Å². The number of amides is 3. The molecule has 34 heavy (non-hydrogen) atoms. The summed E-state index contributed by atoms with van der Waals surface area (Å²) < 4.78 is 0. The third-order valence-corrected chi connectivity index (χ3v) is 9.25. The summed E-state index contributed by atoms with van der Waals surface area (Å²) in [6.45, 7) is 5.19. The fourth-order valence-corrected chi connectivity index (χ4v) is 6.42. The molecule has 0 bridgehead atoms. The lowest BCUT2D eigenvalue weighted by Gasteiger charge is -2.43. The van der Waals surface area contributed by atoms with Gasteiger partial charge in [-0.3, -0.25) is 4.79 Å². The molecule has 0 aromatic heterocycles. The normalized spacial score (nSPS) is 30.5. The number of nitrogens with zero attached hydrogens (tertiary/aromatic N) is 3. The van der Waals surface area contributed by atoms with Crippen molar-refractivity contribution < 1.29 is 14.7 Å². The second-order valence-electron chi connectivity index (χ2n) is 10.6. The van der Waals surface area contributed by atoms with Crippen molar-refractivity contribution in [3.63, 3.8) is 0 Å². The number of carbonyl (C=O) groups excluding carboxylic acids is 2. The van der Waals surface area contributed by atoms with Gasteiger partial charge in [-0.05, 0) is 88.6 Å². The molecule has 1 aliphatic carbocycles. The van der Waals surface area contributed by atoms with E-state index in [1.54, 1.807) is 23.1 Å². The highest BCUT2D eigenvalue weighted by atomic mass is 35.5. The lowest BCUT2D eigenvalue weighted by atomic mass is 9.90. The molecule has 3 saturated heterocycles.